The van der Waals surface area contributed by atoms with Crippen LogP contribution in [0.25, 0.3) is 16.6 Å². The van der Waals surface area contributed by atoms with E-state index < -0.39 is 5.82 Å². The molecule has 2 unspecified atom stereocenters. The van der Waals surface area contributed by atoms with E-state index in [4.69, 9.17) is 4.74 Å². The zero-order chi connectivity index (χ0) is 26.1. The molecular formula is C30H39FN4O2. The Morgan fingerprint density at radius 2 is 2.03 bits per heavy atom. The minimum atomic E-state index is -0.414. The molecule has 1 amide bonds. The maximum absolute atomic E-state index is 14.3. The van der Waals surface area contributed by atoms with Crippen molar-refractivity contribution in [2.24, 2.45) is 11.8 Å². The number of rotatable bonds is 7. The minimum absolute atomic E-state index is 0.00782. The second-order valence-corrected chi connectivity index (χ2v) is 11.2. The number of carbonyl (C=O) groups is 1. The first-order valence-electron chi connectivity index (χ1n) is 13.6. The van der Waals surface area contributed by atoms with Gasteiger partial charge in [0.25, 0.3) is 5.91 Å². The molecule has 1 N–H and O–H groups in total. The number of aromatic nitrogens is 2. The van der Waals surface area contributed by atoms with Gasteiger partial charge in [-0.25, -0.2) is 4.39 Å². The van der Waals surface area contributed by atoms with Gasteiger partial charge >= 0.3 is 0 Å². The molecular weight excluding hydrogens is 467 g/mol. The molecule has 6 nitrogen and oxygen atoms in total. The molecule has 7 heteroatoms. The predicted octanol–water partition coefficient (Wildman–Crippen LogP) is 5.29. The number of fused-ring (bicyclic) bond motifs is 1. The molecule has 1 aromatic carbocycles. The largest absolute Gasteiger partial charge is 0.381 e. The zero-order valence-electron chi connectivity index (χ0n) is 22.5. The number of nitrogens with zero attached hydrogens (tertiary/aromatic N) is 3. The summed E-state index contributed by atoms with van der Waals surface area (Å²) in [6, 6.07) is 5.07. The Kier molecular flexibility index (Phi) is 7.63. The summed E-state index contributed by atoms with van der Waals surface area (Å²) in [7, 11) is 1.76. The number of pyridine rings is 1. The van der Waals surface area contributed by atoms with Crippen molar-refractivity contribution in [3.63, 3.8) is 0 Å². The third kappa shape index (κ3) is 5.43. The fourth-order valence-electron chi connectivity index (χ4n) is 6.04. The zero-order valence-corrected chi connectivity index (χ0v) is 22.5. The van der Waals surface area contributed by atoms with Gasteiger partial charge in [-0.2, -0.15) is 0 Å². The molecule has 0 radical (unpaired) electrons. The fourth-order valence-corrected chi connectivity index (χ4v) is 6.04. The van der Waals surface area contributed by atoms with E-state index in [9.17, 15) is 9.18 Å². The van der Waals surface area contributed by atoms with E-state index in [1.807, 2.05) is 30.8 Å². The van der Waals surface area contributed by atoms with Gasteiger partial charge in [0.2, 0.25) is 0 Å². The molecule has 2 fully saturated rings. The van der Waals surface area contributed by atoms with Crippen molar-refractivity contribution >= 4 is 16.8 Å². The Balaban J connectivity index is 1.45. The SMILES string of the molecule is Cc1cncc2c1c(CC1CNC(CC3CCOCC3)C1)cn2-c1ccc(F)cc1C(=O)N(C)C(C)C. The molecule has 5 rings (SSSR count). The highest BCUT2D eigenvalue weighted by Gasteiger charge is 2.29. The Morgan fingerprint density at radius 1 is 1.24 bits per heavy atom. The number of hydrogen-bond donors (Lipinski definition) is 1. The molecule has 0 bridgehead atoms. The fraction of sp³-hybridized carbons (Fsp3) is 0.533. The molecule has 4 heterocycles. The molecule has 3 aromatic rings. The number of ether oxygens (including phenoxy) is 1. The summed E-state index contributed by atoms with van der Waals surface area (Å²) < 4.78 is 21.9. The van der Waals surface area contributed by atoms with Crippen molar-refractivity contribution in [2.75, 3.05) is 26.8 Å². The monoisotopic (exact) mass is 506 g/mol. The van der Waals surface area contributed by atoms with Crippen molar-refractivity contribution in [3.8, 4) is 5.69 Å². The van der Waals surface area contributed by atoms with Gasteiger partial charge in [0, 0.05) is 50.1 Å². The summed E-state index contributed by atoms with van der Waals surface area (Å²) in [6.07, 6.45) is 11.6. The topological polar surface area (TPSA) is 59.4 Å². The summed E-state index contributed by atoms with van der Waals surface area (Å²) in [5.74, 6) is 0.712. The minimum Gasteiger partial charge on any atom is -0.381 e. The first kappa shape index (κ1) is 25.9. The van der Waals surface area contributed by atoms with Gasteiger partial charge in [-0.05, 0) is 101 Å². The average molecular weight is 507 g/mol. The van der Waals surface area contributed by atoms with Gasteiger partial charge < -0.3 is 19.5 Å². The summed E-state index contributed by atoms with van der Waals surface area (Å²) >= 11 is 0. The maximum atomic E-state index is 14.3. The third-order valence-electron chi connectivity index (χ3n) is 8.30. The highest BCUT2D eigenvalue weighted by atomic mass is 19.1. The lowest BCUT2D eigenvalue weighted by atomic mass is 9.89. The van der Waals surface area contributed by atoms with Crippen LogP contribution in [-0.4, -0.2) is 59.2 Å². The number of halogens is 1. The molecule has 0 aliphatic carbocycles. The highest BCUT2D eigenvalue weighted by Crippen LogP contribution is 2.33. The number of aryl methyl sites for hydroxylation is 1. The molecule has 2 atom stereocenters. The van der Waals surface area contributed by atoms with E-state index in [1.165, 1.54) is 48.8 Å². The molecule has 2 aromatic heterocycles. The highest BCUT2D eigenvalue weighted by molar-refractivity contribution is 5.99. The van der Waals surface area contributed by atoms with E-state index >= 15 is 0 Å². The van der Waals surface area contributed by atoms with Crippen LogP contribution in [0, 0.1) is 24.6 Å². The van der Waals surface area contributed by atoms with Gasteiger partial charge in [0.1, 0.15) is 5.82 Å². The Morgan fingerprint density at radius 3 is 2.78 bits per heavy atom. The van der Waals surface area contributed by atoms with Crippen LogP contribution in [0.2, 0.25) is 0 Å². The molecule has 0 spiro atoms. The Labute approximate surface area is 219 Å². The van der Waals surface area contributed by atoms with Crippen LogP contribution in [0.4, 0.5) is 4.39 Å². The van der Waals surface area contributed by atoms with Gasteiger partial charge in [-0.15, -0.1) is 0 Å². The lowest BCUT2D eigenvalue weighted by Crippen LogP contribution is -2.33. The quantitative estimate of drug-likeness (QED) is 0.473. The second-order valence-electron chi connectivity index (χ2n) is 11.2. The van der Waals surface area contributed by atoms with Gasteiger partial charge in [-0.3, -0.25) is 9.78 Å². The van der Waals surface area contributed by atoms with Gasteiger partial charge in [0.05, 0.1) is 23.0 Å². The smallest absolute Gasteiger partial charge is 0.256 e. The molecule has 37 heavy (non-hydrogen) atoms. The van der Waals surface area contributed by atoms with Crippen LogP contribution >= 0.6 is 0 Å². The van der Waals surface area contributed by atoms with Crippen molar-refractivity contribution in [1.82, 2.24) is 19.8 Å². The molecule has 2 aliphatic rings. The van der Waals surface area contributed by atoms with Crippen molar-refractivity contribution in [1.29, 1.82) is 0 Å². The second kappa shape index (κ2) is 10.9. The average Bonchev–Trinajstić information content (AvgIpc) is 3.48. The Hall–Kier alpha value is -2.77. The summed E-state index contributed by atoms with van der Waals surface area (Å²) in [6.45, 7) is 8.82. The van der Waals surface area contributed by atoms with E-state index in [0.29, 0.717) is 23.2 Å². The number of benzene rings is 1. The van der Waals surface area contributed by atoms with Crippen LogP contribution in [0.5, 0.6) is 0 Å². The van der Waals surface area contributed by atoms with Crippen LogP contribution < -0.4 is 5.32 Å². The lowest BCUT2D eigenvalue weighted by molar-refractivity contribution is 0.0611. The van der Waals surface area contributed by atoms with Crippen LogP contribution in [-0.2, 0) is 11.2 Å². The van der Waals surface area contributed by atoms with Crippen LogP contribution in [0.3, 0.4) is 0 Å². The Bertz CT molecular complexity index is 1260. The number of hydrogen-bond acceptors (Lipinski definition) is 4. The molecule has 198 valence electrons. The number of amides is 1. The molecule has 0 saturated carbocycles. The van der Waals surface area contributed by atoms with Crippen LogP contribution in [0.15, 0.2) is 36.8 Å². The predicted molar refractivity (Wildman–Crippen MR) is 145 cm³/mol. The number of nitrogens with one attached hydrogen (secondary N) is 1. The molecule has 2 aliphatic heterocycles. The lowest BCUT2D eigenvalue weighted by Gasteiger charge is -2.24. The van der Waals surface area contributed by atoms with Gasteiger partial charge in [0.15, 0.2) is 0 Å². The van der Waals surface area contributed by atoms with Crippen molar-refractivity contribution in [2.45, 2.75) is 65.0 Å². The van der Waals surface area contributed by atoms with Crippen molar-refractivity contribution in [3.05, 3.63) is 59.3 Å². The third-order valence-corrected chi connectivity index (χ3v) is 8.30. The first-order chi connectivity index (χ1) is 17.8. The van der Waals surface area contributed by atoms with Gasteiger partial charge in [-0.1, -0.05) is 0 Å². The summed E-state index contributed by atoms with van der Waals surface area (Å²) in [5, 5.41) is 4.96. The summed E-state index contributed by atoms with van der Waals surface area (Å²) in [4.78, 5) is 19.4. The normalized spacial score (nSPS) is 20.7. The van der Waals surface area contributed by atoms with E-state index in [2.05, 4.69) is 23.4 Å². The van der Waals surface area contributed by atoms with Crippen molar-refractivity contribution < 1.29 is 13.9 Å². The number of carbonyl (C=O) groups excluding carboxylic acids is 1. The molecule has 2 saturated heterocycles. The van der Waals surface area contributed by atoms with Crippen LogP contribution in [0.1, 0.15) is 61.0 Å². The first-order valence-corrected chi connectivity index (χ1v) is 13.6. The van der Waals surface area contributed by atoms with E-state index in [1.54, 1.807) is 18.0 Å². The van der Waals surface area contributed by atoms with E-state index in [-0.39, 0.29) is 11.9 Å². The standard InChI is InChI=1S/C30H39FN4O2/c1-19(2)34(4)30(36)26-14-24(31)5-6-27(26)35-18-23(29-20(3)15-32-17-28(29)35)11-22-13-25(33-16-22)12-21-7-9-37-10-8-21/h5-6,14-15,17-19,21-22,25,33H,7-13,16H2,1-4H3. The van der Waals surface area contributed by atoms with E-state index in [0.717, 1.165) is 43.2 Å². The maximum Gasteiger partial charge on any atom is 0.256 e. The summed E-state index contributed by atoms with van der Waals surface area (Å²) in [5.41, 5.74) is 4.37.